The van der Waals surface area contributed by atoms with Gasteiger partial charge in [0.05, 0.1) is 0 Å². The third-order valence-corrected chi connectivity index (χ3v) is 3.76. The van der Waals surface area contributed by atoms with Crippen LogP contribution in [0.4, 0.5) is 10.1 Å². The van der Waals surface area contributed by atoms with Crippen LogP contribution in [-0.2, 0) is 16.0 Å². The molecule has 0 atom stereocenters. The van der Waals surface area contributed by atoms with Gasteiger partial charge in [0.2, 0.25) is 6.79 Å². The molecule has 0 spiro atoms. The van der Waals surface area contributed by atoms with Gasteiger partial charge in [-0.1, -0.05) is 6.07 Å². The molecule has 0 saturated carbocycles. The van der Waals surface area contributed by atoms with Gasteiger partial charge >= 0.3 is 11.8 Å². The Morgan fingerprint density at radius 2 is 1.88 bits per heavy atom. The first-order valence-corrected chi connectivity index (χ1v) is 7.77. The van der Waals surface area contributed by atoms with Crippen LogP contribution in [0.5, 0.6) is 11.5 Å². The number of rotatable bonds is 4. The van der Waals surface area contributed by atoms with Crippen molar-refractivity contribution in [3.05, 3.63) is 53.3 Å². The first-order valence-electron chi connectivity index (χ1n) is 7.77. The van der Waals surface area contributed by atoms with Gasteiger partial charge in [-0.3, -0.25) is 9.59 Å². The van der Waals surface area contributed by atoms with Crippen molar-refractivity contribution in [2.45, 2.75) is 13.3 Å². The Balaban J connectivity index is 1.48. The van der Waals surface area contributed by atoms with Crippen molar-refractivity contribution in [1.29, 1.82) is 0 Å². The van der Waals surface area contributed by atoms with Gasteiger partial charge in [-0.05, 0) is 54.8 Å². The van der Waals surface area contributed by atoms with E-state index in [0.717, 1.165) is 5.56 Å². The number of carbonyl (C=O) groups is 2. The molecule has 0 unspecified atom stereocenters. The summed E-state index contributed by atoms with van der Waals surface area (Å²) < 4.78 is 23.7. The number of aryl methyl sites for hydroxylation is 1. The minimum atomic E-state index is -0.795. The minimum absolute atomic E-state index is 0.207. The summed E-state index contributed by atoms with van der Waals surface area (Å²) in [4.78, 5) is 23.7. The average Bonchev–Trinajstić information content (AvgIpc) is 3.05. The number of amides is 2. The summed E-state index contributed by atoms with van der Waals surface area (Å²) in [5.74, 6) is -0.541. The second-order valence-electron chi connectivity index (χ2n) is 5.61. The van der Waals surface area contributed by atoms with E-state index in [-0.39, 0.29) is 12.6 Å². The number of nitrogens with one attached hydrogen (secondary N) is 2. The van der Waals surface area contributed by atoms with Gasteiger partial charge in [0.1, 0.15) is 5.82 Å². The van der Waals surface area contributed by atoms with Crippen molar-refractivity contribution < 1.29 is 23.5 Å². The maximum atomic E-state index is 13.2. The molecule has 0 saturated heterocycles. The minimum Gasteiger partial charge on any atom is -0.454 e. The molecule has 7 heteroatoms. The Morgan fingerprint density at radius 1 is 1.08 bits per heavy atom. The normalized spacial score (nSPS) is 11.9. The van der Waals surface area contributed by atoms with Crippen LogP contribution in [-0.4, -0.2) is 25.2 Å². The lowest BCUT2D eigenvalue weighted by Gasteiger charge is -2.08. The van der Waals surface area contributed by atoms with Crippen LogP contribution in [0.2, 0.25) is 0 Å². The summed E-state index contributed by atoms with van der Waals surface area (Å²) in [6.07, 6.45) is 0.547. The summed E-state index contributed by atoms with van der Waals surface area (Å²) in [5, 5.41) is 4.99. The molecule has 3 rings (SSSR count). The van der Waals surface area contributed by atoms with E-state index >= 15 is 0 Å². The zero-order valence-corrected chi connectivity index (χ0v) is 13.6. The molecule has 1 heterocycles. The van der Waals surface area contributed by atoms with Gasteiger partial charge in [-0.25, -0.2) is 4.39 Å². The topological polar surface area (TPSA) is 76.7 Å². The lowest BCUT2D eigenvalue weighted by Crippen LogP contribution is -2.36. The van der Waals surface area contributed by atoms with E-state index in [4.69, 9.17) is 9.47 Å². The smallest absolute Gasteiger partial charge is 0.313 e. The van der Waals surface area contributed by atoms with Crippen LogP contribution < -0.4 is 20.1 Å². The zero-order valence-electron chi connectivity index (χ0n) is 13.6. The van der Waals surface area contributed by atoms with E-state index in [1.807, 2.05) is 18.2 Å². The number of anilines is 1. The Kier molecular flexibility index (Phi) is 4.83. The molecule has 2 aromatic carbocycles. The largest absolute Gasteiger partial charge is 0.454 e. The molecule has 6 nitrogen and oxygen atoms in total. The van der Waals surface area contributed by atoms with Crippen molar-refractivity contribution in [2.24, 2.45) is 0 Å². The molecule has 0 bridgehead atoms. The van der Waals surface area contributed by atoms with E-state index in [1.165, 1.54) is 18.2 Å². The Hall–Kier alpha value is -3.09. The zero-order chi connectivity index (χ0) is 17.8. The maximum absolute atomic E-state index is 13.2. The molecule has 130 valence electrons. The first-order chi connectivity index (χ1) is 12.0. The Labute approximate surface area is 143 Å². The molecular weight excluding hydrogens is 327 g/mol. The Bertz CT molecular complexity index is 823. The Morgan fingerprint density at radius 3 is 2.68 bits per heavy atom. The van der Waals surface area contributed by atoms with Gasteiger partial charge in [0, 0.05) is 12.2 Å². The molecular formula is C18H17FN2O4. The SMILES string of the molecule is Cc1cc(NC(=O)C(=O)NCCc2ccc3c(c2)OCO3)ccc1F. The molecule has 0 fully saturated rings. The first kappa shape index (κ1) is 16.8. The van der Waals surface area contributed by atoms with Crippen LogP contribution in [0.1, 0.15) is 11.1 Å². The van der Waals surface area contributed by atoms with E-state index in [1.54, 1.807) is 6.92 Å². The molecule has 2 N–H and O–H groups in total. The van der Waals surface area contributed by atoms with Crippen LogP contribution in [0, 0.1) is 12.7 Å². The molecule has 25 heavy (non-hydrogen) atoms. The fourth-order valence-electron chi connectivity index (χ4n) is 2.41. The fraction of sp³-hybridized carbons (Fsp3) is 0.222. The fourth-order valence-corrected chi connectivity index (χ4v) is 2.41. The molecule has 2 amide bonds. The number of ether oxygens (including phenoxy) is 2. The van der Waals surface area contributed by atoms with Crippen molar-refractivity contribution in [3.63, 3.8) is 0 Å². The van der Waals surface area contributed by atoms with Crippen LogP contribution in [0.25, 0.3) is 0 Å². The molecule has 0 aliphatic carbocycles. The standard InChI is InChI=1S/C18H17FN2O4/c1-11-8-13(3-4-14(11)19)21-18(23)17(22)20-7-6-12-2-5-15-16(9-12)25-10-24-15/h2-5,8-9H,6-7,10H2,1H3,(H,20,22)(H,21,23). The number of halogens is 1. The average molecular weight is 344 g/mol. The van der Waals surface area contributed by atoms with Crippen molar-refractivity contribution in [1.82, 2.24) is 5.32 Å². The number of carbonyl (C=O) groups excluding carboxylic acids is 2. The number of fused-ring (bicyclic) bond motifs is 1. The highest BCUT2D eigenvalue weighted by atomic mass is 19.1. The highest BCUT2D eigenvalue weighted by molar-refractivity contribution is 6.39. The molecule has 2 aromatic rings. The maximum Gasteiger partial charge on any atom is 0.313 e. The van der Waals surface area contributed by atoms with Gasteiger partial charge in [-0.15, -0.1) is 0 Å². The number of hydrogen-bond donors (Lipinski definition) is 2. The summed E-state index contributed by atoms with van der Waals surface area (Å²) in [6, 6.07) is 9.63. The van der Waals surface area contributed by atoms with Gasteiger partial charge < -0.3 is 20.1 Å². The van der Waals surface area contributed by atoms with Crippen molar-refractivity contribution >= 4 is 17.5 Å². The quantitative estimate of drug-likeness (QED) is 0.834. The van der Waals surface area contributed by atoms with Crippen LogP contribution in [0.3, 0.4) is 0 Å². The predicted octanol–water partition coefficient (Wildman–Crippen LogP) is 2.16. The molecule has 1 aliphatic rings. The van der Waals surface area contributed by atoms with Gasteiger partial charge in [-0.2, -0.15) is 0 Å². The lowest BCUT2D eigenvalue weighted by molar-refractivity contribution is -0.136. The second-order valence-corrected chi connectivity index (χ2v) is 5.61. The van der Waals surface area contributed by atoms with Crippen LogP contribution in [0.15, 0.2) is 36.4 Å². The summed E-state index contributed by atoms with van der Waals surface area (Å²) >= 11 is 0. The van der Waals surface area contributed by atoms with E-state index in [0.29, 0.717) is 35.7 Å². The number of hydrogen-bond acceptors (Lipinski definition) is 4. The van der Waals surface area contributed by atoms with E-state index in [2.05, 4.69) is 10.6 Å². The predicted molar refractivity (Wildman–Crippen MR) is 89.0 cm³/mol. The summed E-state index contributed by atoms with van der Waals surface area (Å²) in [5.41, 5.74) is 1.72. The highest BCUT2D eigenvalue weighted by Gasteiger charge is 2.15. The molecule has 1 aliphatic heterocycles. The third kappa shape index (κ3) is 4.06. The van der Waals surface area contributed by atoms with E-state index < -0.39 is 11.8 Å². The van der Waals surface area contributed by atoms with Gasteiger partial charge in [0.15, 0.2) is 11.5 Å². The highest BCUT2D eigenvalue weighted by Crippen LogP contribution is 2.32. The monoisotopic (exact) mass is 344 g/mol. The van der Waals surface area contributed by atoms with E-state index in [9.17, 15) is 14.0 Å². The second kappa shape index (κ2) is 7.21. The summed E-state index contributed by atoms with van der Waals surface area (Å²) in [7, 11) is 0. The third-order valence-electron chi connectivity index (χ3n) is 3.76. The van der Waals surface area contributed by atoms with Gasteiger partial charge in [0.25, 0.3) is 0 Å². The van der Waals surface area contributed by atoms with Crippen LogP contribution >= 0.6 is 0 Å². The van der Waals surface area contributed by atoms with Crippen molar-refractivity contribution in [3.8, 4) is 11.5 Å². The molecule has 0 radical (unpaired) electrons. The molecule has 0 aromatic heterocycles. The lowest BCUT2D eigenvalue weighted by atomic mass is 10.1. The number of benzene rings is 2. The summed E-state index contributed by atoms with van der Waals surface area (Å²) in [6.45, 7) is 2.09. The van der Waals surface area contributed by atoms with Crippen molar-refractivity contribution in [2.75, 3.05) is 18.7 Å².